The average molecular weight is 273 g/mol. The van der Waals surface area contributed by atoms with Crippen molar-refractivity contribution in [1.82, 2.24) is 24.5 Å². The van der Waals surface area contributed by atoms with Gasteiger partial charge in [0.1, 0.15) is 6.33 Å². The SMILES string of the molecule is Nc1nc(NCc2ccsc2)nc(-n2ccnc2)n1. The summed E-state index contributed by atoms with van der Waals surface area (Å²) in [6.07, 6.45) is 5.01. The first kappa shape index (κ1) is 11.6. The fourth-order valence-electron chi connectivity index (χ4n) is 1.53. The number of rotatable bonds is 4. The molecule has 3 rings (SSSR count). The van der Waals surface area contributed by atoms with Crippen molar-refractivity contribution in [2.45, 2.75) is 6.54 Å². The monoisotopic (exact) mass is 273 g/mol. The minimum Gasteiger partial charge on any atom is -0.368 e. The molecule has 0 aliphatic carbocycles. The highest BCUT2D eigenvalue weighted by atomic mass is 32.1. The number of nitrogens with two attached hydrogens (primary N) is 1. The van der Waals surface area contributed by atoms with Crippen molar-refractivity contribution in [2.24, 2.45) is 0 Å². The molecule has 3 N–H and O–H groups in total. The van der Waals surface area contributed by atoms with Crippen LogP contribution in [0, 0.1) is 0 Å². The minimum absolute atomic E-state index is 0.173. The largest absolute Gasteiger partial charge is 0.368 e. The normalized spacial score (nSPS) is 10.5. The maximum atomic E-state index is 5.68. The molecule has 96 valence electrons. The summed E-state index contributed by atoms with van der Waals surface area (Å²) in [5, 5.41) is 7.21. The van der Waals surface area contributed by atoms with E-state index < -0.39 is 0 Å². The van der Waals surface area contributed by atoms with Gasteiger partial charge in [-0.3, -0.25) is 4.57 Å². The average Bonchev–Trinajstić information content (AvgIpc) is 3.09. The van der Waals surface area contributed by atoms with Crippen molar-refractivity contribution in [1.29, 1.82) is 0 Å². The van der Waals surface area contributed by atoms with E-state index in [4.69, 9.17) is 5.73 Å². The predicted molar refractivity (Wildman–Crippen MR) is 73.0 cm³/mol. The van der Waals surface area contributed by atoms with E-state index in [0.29, 0.717) is 18.4 Å². The lowest BCUT2D eigenvalue weighted by Gasteiger charge is -2.06. The lowest BCUT2D eigenvalue weighted by atomic mass is 10.3. The number of hydrogen-bond donors (Lipinski definition) is 2. The molecular weight excluding hydrogens is 262 g/mol. The molecule has 3 heterocycles. The van der Waals surface area contributed by atoms with Crippen molar-refractivity contribution in [3.05, 3.63) is 41.1 Å². The summed E-state index contributed by atoms with van der Waals surface area (Å²) in [6.45, 7) is 0.649. The molecule has 0 saturated carbocycles. The Morgan fingerprint density at radius 2 is 2.26 bits per heavy atom. The van der Waals surface area contributed by atoms with Gasteiger partial charge in [0, 0.05) is 18.9 Å². The molecule has 0 fully saturated rings. The summed E-state index contributed by atoms with van der Waals surface area (Å²) in [5.41, 5.74) is 6.85. The first-order chi connectivity index (χ1) is 9.31. The van der Waals surface area contributed by atoms with Gasteiger partial charge in [-0.1, -0.05) is 0 Å². The highest BCUT2D eigenvalue weighted by molar-refractivity contribution is 7.07. The van der Waals surface area contributed by atoms with Gasteiger partial charge in [0.2, 0.25) is 17.8 Å². The molecule has 19 heavy (non-hydrogen) atoms. The zero-order chi connectivity index (χ0) is 13.1. The van der Waals surface area contributed by atoms with Crippen molar-refractivity contribution in [2.75, 3.05) is 11.1 Å². The van der Waals surface area contributed by atoms with E-state index in [1.54, 1.807) is 34.6 Å². The Labute approximate surface area is 113 Å². The standard InChI is InChI=1S/C11H11N7S/c12-9-15-10(14-5-8-1-4-19-6-8)17-11(16-9)18-3-2-13-7-18/h1-4,6-7H,5H2,(H3,12,14,15,16,17). The summed E-state index contributed by atoms with van der Waals surface area (Å²) >= 11 is 1.65. The third-order valence-electron chi connectivity index (χ3n) is 2.41. The molecule has 0 bridgehead atoms. The minimum atomic E-state index is 0.173. The number of nitrogen functional groups attached to an aromatic ring is 1. The van der Waals surface area contributed by atoms with Crippen molar-refractivity contribution < 1.29 is 0 Å². The third-order valence-corrected chi connectivity index (χ3v) is 3.14. The van der Waals surface area contributed by atoms with Gasteiger partial charge in [0.25, 0.3) is 0 Å². The second kappa shape index (κ2) is 5.02. The van der Waals surface area contributed by atoms with E-state index in [2.05, 4.69) is 30.6 Å². The van der Waals surface area contributed by atoms with Crippen LogP contribution in [0.3, 0.4) is 0 Å². The summed E-state index contributed by atoms with van der Waals surface area (Å²) < 4.78 is 1.67. The highest BCUT2D eigenvalue weighted by Crippen LogP contribution is 2.10. The number of thiophene rings is 1. The van der Waals surface area contributed by atoms with Crippen LogP contribution in [0.25, 0.3) is 5.95 Å². The fraction of sp³-hybridized carbons (Fsp3) is 0.0909. The van der Waals surface area contributed by atoms with E-state index in [9.17, 15) is 0 Å². The Hall–Kier alpha value is -2.48. The second-order valence-electron chi connectivity index (χ2n) is 3.77. The van der Waals surface area contributed by atoms with E-state index >= 15 is 0 Å². The molecule has 8 heteroatoms. The number of imidazole rings is 1. The van der Waals surface area contributed by atoms with Crippen molar-refractivity contribution >= 4 is 23.2 Å². The molecule has 0 unspecified atom stereocenters. The Kier molecular flexibility index (Phi) is 3.07. The fourth-order valence-corrected chi connectivity index (χ4v) is 2.20. The van der Waals surface area contributed by atoms with Gasteiger partial charge < -0.3 is 11.1 Å². The van der Waals surface area contributed by atoms with Crippen LogP contribution in [0.5, 0.6) is 0 Å². The van der Waals surface area contributed by atoms with Gasteiger partial charge in [-0.25, -0.2) is 4.98 Å². The number of hydrogen-bond acceptors (Lipinski definition) is 7. The van der Waals surface area contributed by atoms with Gasteiger partial charge >= 0.3 is 0 Å². The van der Waals surface area contributed by atoms with Crippen LogP contribution < -0.4 is 11.1 Å². The van der Waals surface area contributed by atoms with Gasteiger partial charge in [-0.15, -0.1) is 0 Å². The Morgan fingerprint density at radius 1 is 1.32 bits per heavy atom. The van der Waals surface area contributed by atoms with Gasteiger partial charge in [-0.05, 0) is 22.4 Å². The van der Waals surface area contributed by atoms with E-state index in [-0.39, 0.29) is 5.95 Å². The molecule has 0 aromatic carbocycles. The van der Waals surface area contributed by atoms with E-state index in [0.717, 1.165) is 0 Å². The molecule has 3 aromatic heterocycles. The van der Waals surface area contributed by atoms with Crippen LogP contribution in [0.15, 0.2) is 35.5 Å². The first-order valence-electron chi connectivity index (χ1n) is 5.56. The quantitative estimate of drug-likeness (QED) is 0.744. The van der Waals surface area contributed by atoms with Gasteiger partial charge in [0.15, 0.2) is 0 Å². The zero-order valence-electron chi connectivity index (χ0n) is 9.89. The maximum Gasteiger partial charge on any atom is 0.241 e. The van der Waals surface area contributed by atoms with Crippen LogP contribution >= 0.6 is 11.3 Å². The molecule has 3 aromatic rings. The number of anilines is 2. The topological polar surface area (TPSA) is 94.5 Å². The molecule has 0 aliphatic rings. The van der Waals surface area contributed by atoms with Crippen molar-refractivity contribution in [3.8, 4) is 5.95 Å². The van der Waals surface area contributed by atoms with Crippen LogP contribution in [0.2, 0.25) is 0 Å². The summed E-state index contributed by atoms with van der Waals surface area (Å²) in [7, 11) is 0. The van der Waals surface area contributed by atoms with E-state index in [1.807, 2.05) is 11.4 Å². The van der Waals surface area contributed by atoms with Crippen LogP contribution in [0.1, 0.15) is 5.56 Å². The molecule has 0 saturated heterocycles. The lowest BCUT2D eigenvalue weighted by Crippen LogP contribution is -2.10. The number of nitrogens with one attached hydrogen (secondary N) is 1. The molecule has 7 nitrogen and oxygen atoms in total. The Bertz CT molecular complexity index is 648. The van der Waals surface area contributed by atoms with Gasteiger partial charge in [0.05, 0.1) is 0 Å². The summed E-state index contributed by atoms with van der Waals surface area (Å²) in [6, 6.07) is 2.04. The predicted octanol–water partition coefficient (Wildman–Crippen LogP) is 1.31. The molecule has 0 radical (unpaired) electrons. The van der Waals surface area contributed by atoms with E-state index in [1.165, 1.54) is 5.56 Å². The molecule has 0 spiro atoms. The first-order valence-corrected chi connectivity index (χ1v) is 6.50. The molecule has 0 aliphatic heterocycles. The Morgan fingerprint density at radius 3 is 3.00 bits per heavy atom. The third kappa shape index (κ3) is 2.68. The zero-order valence-corrected chi connectivity index (χ0v) is 10.7. The summed E-state index contributed by atoms with van der Waals surface area (Å²) in [4.78, 5) is 16.4. The van der Waals surface area contributed by atoms with Gasteiger partial charge in [-0.2, -0.15) is 26.3 Å². The maximum absolute atomic E-state index is 5.68. The summed E-state index contributed by atoms with van der Waals surface area (Å²) in [5.74, 6) is 1.06. The number of aromatic nitrogens is 5. The molecular formula is C11H11N7S. The molecule has 0 atom stereocenters. The lowest BCUT2D eigenvalue weighted by molar-refractivity contribution is 0.896. The van der Waals surface area contributed by atoms with Crippen LogP contribution in [0.4, 0.5) is 11.9 Å². The number of nitrogens with zero attached hydrogens (tertiary/aromatic N) is 5. The van der Waals surface area contributed by atoms with Crippen molar-refractivity contribution in [3.63, 3.8) is 0 Å². The van der Waals surface area contributed by atoms with Crippen LogP contribution in [-0.4, -0.2) is 24.5 Å². The smallest absolute Gasteiger partial charge is 0.241 e. The molecule has 0 amide bonds. The second-order valence-corrected chi connectivity index (χ2v) is 4.55. The highest BCUT2D eigenvalue weighted by Gasteiger charge is 2.05. The Balaban J connectivity index is 1.82. The van der Waals surface area contributed by atoms with Crippen LogP contribution in [-0.2, 0) is 6.54 Å².